The predicted molar refractivity (Wildman–Crippen MR) is 72.2 cm³/mol. The lowest BCUT2D eigenvalue weighted by Gasteiger charge is -2.08. The van der Waals surface area contributed by atoms with Crippen molar-refractivity contribution in [3.8, 4) is 0 Å². The number of aromatic nitrogens is 4. The zero-order chi connectivity index (χ0) is 13.1. The minimum absolute atomic E-state index is 0.780. The fraction of sp³-hybridized carbons (Fsp3) is 0.417. The highest BCUT2D eigenvalue weighted by Gasteiger charge is 2.06. The Morgan fingerprint density at radius 1 is 1.28 bits per heavy atom. The first-order valence-corrected chi connectivity index (χ1v) is 5.95. The summed E-state index contributed by atoms with van der Waals surface area (Å²) in [6.45, 7) is 4.00. The highest BCUT2D eigenvalue weighted by Crippen LogP contribution is 2.19. The molecule has 0 aliphatic rings. The smallest absolute Gasteiger partial charge is 0.136 e. The number of rotatable bonds is 4. The average molecular weight is 246 g/mol. The topological polar surface area (TPSA) is 67.7 Å². The molecule has 0 aliphatic carbocycles. The van der Waals surface area contributed by atoms with Crippen LogP contribution < -0.4 is 10.6 Å². The Kier molecular flexibility index (Phi) is 3.45. The number of aryl methyl sites for hydroxylation is 3. The SMILES string of the molecule is CCc1nc(NC)cc(Nc2cn(C)nc2C)n1. The largest absolute Gasteiger partial charge is 0.373 e. The first kappa shape index (κ1) is 12.3. The van der Waals surface area contributed by atoms with Crippen molar-refractivity contribution in [1.82, 2.24) is 19.7 Å². The van der Waals surface area contributed by atoms with Crippen molar-refractivity contribution in [3.05, 3.63) is 23.8 Å². The number of nitrogens with zero attached hydrogens (tertiary/aromatic N) is 4. The van der Waals surface area contributed by atoms with E-state index in [-0.39, 0.29) is 0 Å². The highest BCUT2D eigenvalue weighted by molar-refractivity contribution is 5.60. The maximum atomic E-state index is 4.45. The van der Waals surface area contributed by atoms with E-state index < -0.39 is 0 Å². The standard InChI is InChI=1S/C12H18N6/c1-5-10-15-11(13-3)6-12(16-10)14-9-7-18(4)17-8(9)2/h6-7H,5H2,1-4H3,(H2,13,14,15,16). The molecule has 2 N–H and O–H groups in total. The third-order valence-electron chi connectivity index (χ3n) is 2.62. The van der Waals surface area contributed by atoms with Crippen molar-refractivity contribution in [1.29, 1.82) is 0 Å². The van der Waals surface area contributed by atoms with Crippen molar-refractivity contribution in [2.75, 3.05) is 17.7 Å². The Balaban J connectivity index is 2.30. The van der Waals surface area contributed by atoms with Crippen LogP contribution in [-0.4, -0.2) is 26.8 Å². The average Bonchev–Trinajstić information content (AvgIpc) is 2.67. The van der Waals surface area contributed by atoms with E-state index in [4.69, 9.17) is 0 Å². The van der Waals surface area contributed by atoms with E-state index in [9.17, 15) is 0 Å². The lowest BCUT2D eigenvalue weighted by molar-refractivity contribution is 0.756. The molecule has 2 aromatic rings. The molecule has 0 bridgehead atoms. The molecule has 0 aliphatic heterocycles. The molecule has 0 spiro atoms. The van der Waals surface area contributed by atoms with Crippen LogP contribution in [0.2, 0.25) is 0 Å². The number of anilines is 3. The van der Waals surface area contributed by atoms with Crippen LogP contribution in [0.3, 0.4) is 0 Å². The first-order chi connectivity index (χ1) is 8.62. The summed E-state index contributed by atoms with van der Waals surface area (Å²) >= 11 is 0. The summed E-state index contributed by atoms with van der Waals surface area (Å²) in [7, 11) is 3.75. The van der Waals surface area contributed by atoms with Gasteiger partial charge >= 0.3 is 0 Å². The van der Waals surface area contributed by atoms with Gasteiger partial charge in [-0.15, -0.1) is 0 Å². The molecule has 0 saturated carbocycles. The molecule has 6 nitrogen and oxygen atoms in total. The van der Waals surface area contributed by atoms with Crippen LogP contribution in [0, 0.1) is 6.92 Å². The lowest BCUT2D eigenvalue weighted by atomic mass is 10.3. The van der Waals surface area contributed by atoms with Gasteiger partial charge in [-0.25, -0.2) is 9.97 Å². The summed E-state index contributed by atoms with van der Waals surface area (Å²) in [5, 5.41) is 10.6. The van der Waals surface area contributed by atoms with Crippen LogP contribution in [0.4, 0.5) is 17.3 Å². The summed E-state index contributed by atoms with van der Waals surface area (Å²) in [5.74, 6) is 2.40. The van der Waals surface area contributed by atoms with E-state index in [1.54, 1.807) is 4.68 Å². The maximum Gasteiger partial charge on any atom is 0.136 e. The fourth-order valence-corrected chi connectivity index (χ4v) is 1.71. The lowest BCUT2D eigenvalue weighted by Crippen LogP contribution is -2.03. The predicted octanol–water partition coefficient (Wildman–Crippen LogP) is 1.87. The molecule has 0 saturated heterocycles. The molecule has 2 heterocycles. The molecule has 0 fully saturated rings. The van der Waals surface area contributed by atoms with Crippen molar-refractivity contribution < 1.29 is 0 Å². The van der Waals surface area contributed by atoms with Crippen molar-refractivity contribution in [3.63, 3.8) is 0 Å². The summed E-state index contributed by atoms with van der Waals surface area (Å²) in [6, 6.07) is 1.88. The monoisotopic (exact) mass is 246 g/mol. The molecule has 0 atom stereocenters. The number of hydrogen-bond acceptors (Lipinski definition) is 5. The third-order valence-corrected chi connectivity index (χ3v) is 2.62. The molecule has 6 heteroatoms. The molecule has 0 amide bonds. The van der Waals surface area contributed by atoms with Gasteiger partial charge in [-0.3, -0.25) is 4.68 Å². The number of hydrogen-bond donors (Lipinski definition) is 2. The normalized spacial score (nSPS) is 10.4. The highest BCUT2D eigenvalue weighted by atomic mass is 15.3. The second-order valence-electron chi connectivity index (χ2n) is 4.09. The Morgan fingerprint density at radius 2 is 2.00 bits per heavy atom. The molecule has 2 rings (SSSR count). The van der Waals surface area contributed by atoms with Crippen LogP contribution in [0.15, 0.2) is 12.3 Å². The second kappa shape index (κ2) is 5.03. The summed E-state index contributed by atoms with van der Waals surface area (Å²) in [5.41, 5.74) is 1.90. The van der Waals surface area contributed by atoms with Crippen LogP contribution >= 0.6 is 0 Å². The van der Waals surface area contributed by atoms with Crippen LogP contribution in [0.1, 0.15) is 18.4 Å². The van der Waals surface area contributed by atoms with Crippen LogP contribution in [0.5, 0.6) is 0 Å². The molecule has 0 radical (unpaired) electrons. The van der Waals surface area contributed by atoms with Gasteiger partial charge in [0.1, 0.15) is 17.5 Å². The minimum atomic E-state index is 0.780. The van der Waals surface area contributed by atoms with E-state index in [1.807, 2.05) is 40.2 Å². The Hall–Kier alpha value is -2.11. The third kappa shape index (κ3) is 2.58. The van der Waals surface area contributed by atoms with Gasteiger partial charge in [0.15, 0.2) is 0 Å². The summed E-state index contributed by atoms with van der Waals surface area (Å²) < 4.78 is 1.78. The van der Waals surface area contributed by atoms with Gasteiger partial charge in [0.05, 0.1) is 11.4 Å². The van der Waals surface area contributed by atoms with Gasteiger partial charge in [-0.2, -0.15) is 5.10 Å². The van der Waals surface area contributed by atoms with Gasteiger partial charge in [0.2, 0.25) is 0 Å². The van der Waals surface area contributed by atoms with Crippen molar-refractivity contribution in [2.24, 2.45) is 7.05 Å². The zero-order valence-electron chi connectivity index (χ0n) is 11.2. The van der Waals surface area contributed by atoms with Crippen molar-refractivity contribution in [2.45, 2.75) is 20.3 Å². The minimum Gasteiger partial charge on any atom is -0.373 e. The Morgan fingerprint density at radius 3 is 2.56 bits per heavy atom. The van der Waals surface area contributed by atoms with E-state index in [0.717, 1.165) is 35.3 Å². The molecule has 96 valence electrons. The van der Waals surface area contributed by atoms with E-state index in [0.29, 0.717) is 0 Å². The molecular formula is C12H18N6. The quantitative estimate of drug-likeness (QED) is 0.862. The van der Waals surface area contributed by atoms with Crippen LogP contribution in [0.25, 0.3) is 0 Å². The second-order valence-corrected chi connectivity index (χ2v) is 4.09. The van der Waals surface area contributed by atoms with E-state index >= 15 is 0 Å². The van der Waals surface area contributed by atoms with Gasteiger partial charge in [-0.05, 0) is 6.92 Å². The number of nitrogens with one attached hydrogen (secondary N) is 2. The maximum absolute atomic E-state index is 4.45. The molecular weight excluding hydrogens is 228 g/mol. The van der Waals surface area contributed by atoms with Gasteiger partial charge in [0, 0.05) is 32.8 Å². The zero-order valence-corrected chi connectivity index (χ0v) is 11.2. The summed E-state index contributed by atoms with van der Waals surface area (Å²) in [6.07, 6.45) is 2.73. The molecule has 0 unspecified atom stereocenters. The molecule has 2 aromatic heterocycles. The van der Waals surface area contributed by atoms with Gasteiger partial charge in [-0.1, -0.05) is 6.92 Å². The van der Waals surface area contributed by atoms with E-state index in [1.165, 1.54) is 0 Å². The first-order valence-electron chi connectivity index (χ1n) is 5.95. The Bertz CT molecular complexity index is 523. The molecule has 18 heavy (non-hydrogen) atoms. The van der Waals surface area contributed by atoms with Crippen LogP contribution in [-0.2, 0) is 13.5 Å². The Labute approximate surface area is 106 Å². The van der Waals surface area contributed by atoms with Gasteiger partial charge < -0.3 is 10.6 Å². The van der Waals surface area contributed by atoms with Crippen molar-refractivity contribution >= 4 is 17.3 Å². The summed E-state index contributed by atoms with van der Waals surface area (Å²) in [4.78, 5) is 8.80. The van der Waals surface area contributed by atoms with E-state index in [2.05, 4.69) is 25.7 Å². The van der Waals surface area contributed by atoms with Gasteiger partial charge in [0.25, 0.3) is 0 Å². The molecule has 0 aromatic carbocycles. The fourth-order valence-electron chi connectivity index (χ4n) is 1.71.